The number of aromatic nitrogens is 1. The van der Waals surface area contributed by atoms with Crippen LogP contribution in [0.25, 0.3) is 0 Å². The van der Waals surface area contributed by atoms with Crippen molar-refractivity contribution in [2.45, 2.75) is 6.54 Å². The third-order valence-corrected chi connectivity index (χ3v) is 2.79. The molecule has 0 aliphatic heterocycles. The Labute approximate surface area is 105 Å². The van der Waals surface area contributed by atoms with Crippen LogP contribution < -0.4 is 5.32 Å². The molecule has 0 bridgehead atoms. The molecule has 0 saturated carbocycles. The van der Waals surface area contributed by atoms with Gasteiger partial charge in [-0.05, 0) is 34.1 Å². The summed E-state index contributed by atoms with van der Waals surface area (Å²) in [6, 6.07) is 5.57. The number of hydrogen-bond donors (Lipinski definition) is 1. The summed E-state index contributed by atoms with van der Waals surface area (Å²) < 4.78 is 18.2. The van der Waals surface area contributed by atoms with Crippen LogP contribution in [0.5, 0.6) is 0 Å². The van der Waals surface area contributed by atoms with Crippen LogP contribution in [0.4, 0.5) is 4.39 Å². The first-order valence-corrected chi connectivity index (χ1v) is 5.58. The van der Waals surface area contributed by atoms with E-state index < -0.39 is 5.82 Å². The van der Waals surface area contributed by atoms with Crippen molar-refractivity contribution >= 4 is 21.8 Å². The molecule has 2 rings (SSSR count). The Kier molecular flexibility index (Phi) is 3.53. The van der Waals surface area contributed by atoms with Gasteiger partial charge in [0.15, 0.2) is 0 Å². The number of carbonyl (C=O) groups is 1. The molecule has 1 aromatic carbocycles. The summed E-state index contributed by atoms with van der Waals surface area (Å²) >= 11 is 3.19. The average Bonchev–Trinajstić information content (AvgIpc) is 2.82. The monoisotopic (exact) mass is 298 g/mol. The maximum atomic E-state index is 13.0. The van der Waals surface area contributed by atoms with E-state index in [4.69, 9.17) is 0 Å². The third-order valence-electron chi connectivity index (χ3n) is 2.09. The van der Waals surface area contributed by atoms with Crippen molar-refractivity contribution < 1.29 is 13.7 Å². The topological polar surface area (TPSA) is 55.1 Å². The van der Waals surface area contributed by atoms with Crippen molar-refractivity contribution in [3.63, 3.8) is 0 Å². The van der Waals surface area contributed by atoms with Crippen LogP contribution in [0.3, 0.4) is 0 Å². The number of amides is 1. The number of benzene rings is 1. The van der Waals surface area contributed by atoms with E-state index in [0.29, 0.717) is 10.2 Å². The second-order valence-corrected chi connectivity index (χ2v) is 4.15. The maximum Gasteiger partial charge on any atom is 0.252 e. The van der Waals surface area contributed by atoms with Crippen molar-refractivity contribution in [1.82, 2.24) is 10.5 Å². The molecule has 6 heteroatoms. The Morgan fingerprint density at radius 3 is 3.00 bits per heavy atom. The van der Waals surface area contributed by atoms with Gasteiger partial charge in [-0.25, -0.2) is 4.39 Å². The number of hydrogen-bond acceptors (Lipinski definition) is 3. The lowest BCUT2D eigenvalue weighted by Gasteiger charge is -2.05. The van der Waals surface area contributed by atoms with Crippen LogP contribution in [-0.4, -0.2) is 11.1 Å². The number of carbonyl (C=O) groups excluding carboxylic acids is 1. The second-order valence-electron chi connectivity index (χ2n) is 3.30. The molecule has 1 heterocycles. The van der Waals surface area contributed by atoms with Crippen molar-refractivity contribution in [1.29, 1.82) is 0 Å². The lowest BCUT2D eigenvalue weighted by atomic mass is 10.2. The highest BCUT2D eigenvalue weighted by Gasteiger charge is 2.11. The lowest BCUT2D eigenvalue weighted by Crippen LogP contribution is -2.23. The van der Waals surface area contributed by atoms with E-state index in [0.717, 1.165) is 0 Å². The average molecular weight is 299 g/mol. The fraction of sp³-hybridized carbons (Fsp3) is 0.0909. The number of halogens is 2. The summed E-state index contributed by atoms with van der Waals surface area (Å²) in [7, 11) is 0. The van der Waals surface area contributed by atoms with Crippen LogP contribution in [0.1, 0.15) is 16.1 Å². The molecule has 1 N–H and O–H groups in total. The summed E-state index contributed by atoms with van der Waals surface area (Å²) in [4.78, 5) is 11.7. The minimum Gasteiger partial charge on any atom is -0.364 e. The van der Waals surface area contributed by atoms with Gasteiger partial charge < -0.3 is 9.84 Å². The van der Waals surface area contributed by atoms with E-state index in [2.05, 4.69) is 30.9 Å². The molecular formula is C11H8BrFN2O2. The van der Waals surface area contributed by atoms with Gasteiger partial charge in [0, 0.05) is 10.5 Å². The molecule has 0 aliphatic carbocycles. The van der Waals surface area contributed by atoms with Crippen LogP contribution in [0, 0.1) is 5.82 Å². The van der Waals surface area contributed by atoms with Crippen LogP contribution in [0.2, 0.25) is 0 Å². The van der Waals surface area contributed by atoms with E-state index in [9.17, 15) is 9.18 Å². The second kappa shape index (κ2) is 5.09. The van der Waals surface area contributed by atoms with E-state index in [1.807, 2.05) is 0 Å². The Morgan fingerprint density at radius 2 is 2.29 bits per heavy atom. The molecule has 0 atom stereocenters. The number of nitrogens with zero attached hydrogens (tertiary/aromatic N) is 1. The Morgan fingerprint density at radius 1 is 1.47 bits per heavy atom. The van der Waals surface area contributed by atoms with Crippen molar-refractivity contribution in [2.24, 2.45) is 0 Å². The maximum absolute atomic E-state index is 13.0. The standard InChI is InChI=1S/C11H8BrFN2O2/c12-10-2-1-7(13)5-9(10)11(16)14-6-8-3-4-17-15-8/h1-5H,6H2,(H,14,16). The minimum atomic E-state index is -0.459. The van der Waals surface area contributed by atoms with Gasteiger partial charge in [-0.2, -0.15) is 0 Å². The first-order valence-electron chi connectivity index (χ1n) is 4.79. The summed E-state index contributed by atoms with van der Waals surface area (Å²) in [6.45, 7) is 0.234. The number of nitrogens with one attached hydrogen (secondary N) is 1. The summed E-state index contributed by atoms with van der Waals surface area (Å²) in [5.74, 6) is -0.834. The highest BCUT2D eigenvalue weighted by molar-refractivity contribution is 9.10. The van der Waals surface area contributed by atoms with Gasteiger partial charge in [-0.15, -0.1) is 0 Å². The normalized spacial score (nSPS) is 10.2. The zero-order valence-corrected chi connectivity index (χ0v) is 10.2. The first-order chi connectivity index (χ1) is 8.16. The number of rotatable bonds is 3. The predicted molar refractivity (Wildman–Crippen MR) is 61.8 cm³/mol. The van der Waals surface area contributed by atoms with E-state index >= 15 is 0 Å². The van der Waals surface area contributed by atoms with Crippen molar-refractivity contribution in [3.8, 4) is 0 Å². The largest absolute Gasteiger partial charge is 0.364 e. The SMILES string of the molecule is O=C(NCc1ccon1)c1cc(F)ccc1Br. The molecule has 0 radical (unpaired) electrons. The van der Waals surface area contributed by atoms with Crippen LogP contribution >= 0.6 is 15.9 Å². The van der Waals surface area contributed by atoms with Crippen LogP contribution in [0.15, 0.2) is 39.5 Å². The van der Waals surface area contributed by atoms with Crippen molar-refractivity contribution in [3.05, 3.63) is 52.1 Å². The van der Waals surface area contributed by atoms with Gasteiger partial charge in [0.1, 0.15) is 17.8 Å². The van der Waals surface area contributed by atoms with E-state index in [1.165, 1.54) is 24.5 Å². The fourth-order valence-electron chi connectivity index (χ4n) is 1.27. The van der Waals surface area contributed by atoms with Gasteiger partial charge >= 0.3 is 0 Å². The highest BCUT2D eigenvalue weighted by atomic mass is 79.9. The molecule has 0 unspecified atom stereocenters. The molecule has 0 spiro atoms. The lowest BCUT2D eigenvalue weighted by molar-refractivity contribution is 0.0949. The zero-order valence-electron chi connectivity index (χ0n) is 8.61. The van der Waals surface area contributed by atoms with Gasteiger partial charge in [0.05, 0.1) is 12.1 Å². The van der Waals surface area contributed by atoms with Gasteiger partial charge in [0.2, 0.25) is 0 Å². The Bertz CT molecular complexity index is 528. The van der Waals surface area contributed by atoms with E-state index in [-0.39, 0.29) is 18.0 Å². The molecule has 0 aliphatic rings. The zero-order chi connectivity index (χ0) is 12.3. The minimum absolute atomic E-state index is 0.234. The predicted octanol–water partition coefficient (Wildman–Crippen LogP) is 2.51. The summed E-state index contributed by atoms with van der Waals surface area (Å²) in [5, 5.41) is 6.26. The molecule has 1 aromatic heterocycles. The van der Waals surface area contributed by atoms with Gasteiger partial charge in [0.25, 0.3) is 5.91 Å². The quantitative estimate of drug-likeness (QED) is 0.947. The van der Waals surface area contributed by atoms with E-state index in [1.54, 1.807) is 6.07 Å². The summed E-state index contributed by atoms with van der Waals surface area (Å²) in [6.07, 6.45) is 1.42. The fourth-order valence-corrected chi connectivity index (χ4v) is 1.69. The smallest absolute Gasteiger partial charge is 0.252 e. The molecule has 0 fully saturated rings. The Hall–Kier alpha value is -1.69. The molecule has 88 valence electrons. The highest BCUT2D eigenvalue weighted by Crippen LogP contribution is 2.17. The molecule has 2 aromatic rings. The molecular weight excluding hydrogens is 291 g/mol. The third kappa shape index (κ3) is 2.91. The van der Waals surface area contributed by atoms with Gasteiger partial charge in [-0.3, -0.25) is 4.79 Å². The van der Waals surface area contributed by atoms with Crippen molar-refractivity contribution in [2.75, 3.05) is 0 Å². The van der Waals surface area contributed by atoms with Gasteiger partial charge in [-0.1, -0.05) is 5.16 Å². The molecule has 1 amide bonds. The molecule has 4 nitrogen and oxygen atoms in total. The Balaban J connectivity index is 2.07. The van der Waals surface area contributed by atoms with Crippen LogP contribution in [-0.2, 0) is 6.54 Å². The first kappa shape index (κ1) is 11.8. The molecule has 0 saturated heterocycles. The molecule has 17 heavy (non-hydrogen) atoms. The summed E-state index contributed by atoms with van der Waals surface area (Å²) in [5.41, 5.74) is 0.847.